The van der Waals surface area contributed by atoms with Crippen LogP contribution in [0.4, 0.5) is 0 Å². The summed E-state index contributed by atoms with van der Waals surface area (Å²) < 4.78 is 23.6. The topological polar surface area (TPSA) is 35.5 Å². The van der Waals surface area contributed by atoms with Crippen molar-refractivity contribution in [2.75, 3.05) is 14.2 Å². The molecule has 2 rings (SSSR count). The number of hydrogen-bond acceptors (Lipinski definition) is 3. The first kappa shape index (κ1) is 14.9. The van der Waals surface area contributed by atoms with Crippen molar-refractivity contribution in [2.45, 2.75) is 10.9 Å². The number of ether oxygens (including phenoxy) is 2. The molecule has 0 bridgehead atoms. The van der Waals surface area contributed by atoms with Crippen LogP contribution in [-0.4, -0.2) is 18.4 Å². The lowest BCUT2D eigenvalue weighted by molar-refractivity contribution is 0.143. The standard InChI is InChI=1S/C16H18O3S/c1-18-15(13-9-5-3-6-10-13)20(17)16(19-2)14-11-7-4-8-12-14/h3-12,15-16H,1-2H3. The molecule has 0 aliphatic carbocycles. The Morgan fingerprint density at radius 2 is 1.10 bits per heavy atom. The lowest BCUT2D eigenvalue weighted by atomic mass is 10.2. The van der Waals surface area contributed by atoms with Crippen molar-refractivity contribution in [2.24, 2.45) is 0 Å². The summed E-state index contributed by atoms with van der Waals surface area (Å²) in [4.78, 5) is 0. The van der Waals surface area contributed by atoms with Crippen LogP contribution in [0.1, 0.15) is 22.0 Å². The van der Waals surface area contributed by atoms with Crippen molar-refractivity contribution in [3.05, 3.63) is 71.8 Å². The fourth-order valence-corrected chi connectivity index (χ4v) is 3.52. The summed E-state index contributed by atoms with van der Waals surface area (Å²) in [5.74, 6) is 0. The predicted octanol–water partition coefficient (Wildman–Crippen LogP) is 3.43. The SMILES string of the molecule is COC(c1ccccc1)S(=O)C(OC)c1ccccc1. The monoisotopic (exact) mass is 290 g/mol. The molecule has 0 spiro atoms. The lowest BCUT2D eigenvalue weighted by Gasteiger charge is -2.22. The number of benzene rings is 2. The van der Waals surface area contributed by atoms with Gasteiger partial charge in [0.1, 0.15) is 0 Å². The molecule has 0 fully saturated rings. The number of hydrogen-bond donors (Lipinski definition) is 0. The third-order valence-corrected chi connectivity index (χ3v) is 4.77. The first-order valence-electron chi connectivity index (χ1n) is 6.32. The van der Waals surface area contributed by atoms with Crippen LogP contribution in [0.3, 0.4) is 0 Å². The number of rotatable bonds is 6. The molecule has 2 atom stereocenters. The van der Waals surface area contributed by atoms with Crippen LogP contribution in [0.5, 0.6) is 0 Å². The largest absolute Gasteiger partial charge is 0.363 e. The zero-order chi connectivity index (χ0) is 14.4. The molecular weight excluding hydrogens is 272 g/mol. The van der Waals surface area contributed by atoms with E-state index >= 15 is 0 Å². The molecular formula is C16H18O3S. The second-order valence-corrected chi connectivity index (χ2v) is 5.80. The molecule has 106 valence electrons. The van der Waals surface area contributed by atoms with Crippen LogP contribution in [-0.2, 0) is 20.3 Å². The van der Waals surface area contributed by atoms with E-state index in [0.717, 1.165) is 11.1 Å². The second kappa shape index (κ2) is 7.33. The van der Waals surface area contributed by atoms with Crippen LogP contribution in [0.2, 0.25) is 0 Å². The highest BCUT2D eigenvalue weighted by atomic mass is 32.2. The van der Waals surface area contributed by atoms with Crippen molar-refractivity contribution >= 4 is 10.8 Å². The maximum absolute atomic E-state index is 12.8. The molecule has 0 saturated heterocycles. The zero-order valence-electron chi connectivity index (χ0n) is 11.6. The van der Waals surface area contributed by atoms with Gasteiger partial charge in [-0.15, -0.1) is 0 Å². The van der Waals surface area contributed by atoms with Crippen molar-refractivity contribution < 1.29 is 13.7 Å². The molecule has 4 heteroatoms. The van der Waals surface area contributed by atoms with E-state index in [1.165, 1.54) is 0 Å². The van der Waals surface area contributed by atoms with Crippen LogP contribution in [0, 0.1) is 0 Å². The maximum atomic E-state index is 12.8. The van der Waals surface area contributed by atoms with Gasteiger partial charge in [-0.05, 0) is 11.1 Å². The molecule has 0 heterocycles. The summed E-state index contributed by atoms with van der Waals surface area (Å²) in [5.41, 5.74) is 0.736. The van der Waals surface area contributed by atoms with Crippen molar-refractivity contribution in [1.29, 1.82) is 0 Å². The van der Waals surface area contributed by atoms with E-state index in [-0.39, 0.29) is 0 Å². The van der Waals surface area contributed by atoms with Crippen LogP contribution in [0.25, 0.3) is 0 Å². The minimum atomic E-state index is -1.34. The highest BCUT2D eigenvalue weighted by Gasteiger charge is 2.27. The zero-order valence-corrected chi connectivity index (χ0v) is 12.4. The maximum Gasteiger partial charge on any atom is 0.160 e. The smallest absolute Gasteiger partial charge is 0.160 e. The normalized spacial score (nSPS) is 15.5. The summed E-state index contributed by atoms with van der Waals surface area (Å²) in [6.45, 7) is 0. The van der Waals surface area contributed by atoms with E-state index in [4.69, 9.17) is 9.47 Å². The molecule has 0 aromatic heterocycles. The lowest BCUT2D eigenvalue weighted by Crippen LogP contribution is -2.17. The van der Waals surface area contributed by atoms with Gasteiger partial charge >= 0.3 is 0 Å². The highest BCUT2D eigenvalue weighted by molar-refractivity contribution is 7.85. The third kappa shape index (κ3) is 3.33. The van der Waals surface area contributed by atoms with Gasteiger partial charge in [0.05, 0.1) is 10.8 Å². The molecule has 2 unspecified atom stereocenters. The molecule has 0 aliphatic heterocycles. The van der Waals surface area contributed by atoms with Gasteiger partial charge < -0.3 is 9.47 Å². The quantitative estimate of drug-likeness (QED) is 0.817. The van der Waals surface area contributed by atoms with Crippen molar-refractivity contribution in [1.82, 2.24) is 0 Å². The minimum absolute atomic E-state index is 0.513. The van der Waals surface area contributed by atoms with E-state index in [1.54, 1.807) is 14.2 Å². The Labute approximate surface area is 122 Å². The summed E-state index contributed by atoms with van der Waals surface area (Å²) in [6.07, 6.45) is 0. The van der Waals surface area contributed by atoms with Gasteiger partial charge in [0.15, 0.2) is 10.9 Å². The summed E-state index contributed by atoms with van der Waals surface area (Å²) >= 11 is 0. The van der Waals surface area contributed by atoms with Crippen LogP contribution in [0.15, 0.2) is 60.7 Å². The van der Waals surface area contributed by atoms with Gasteiger partial charge in [-0.25, -0.2) is 0 Å². The van der Waals surface area contributed by atoms with Gasteiger partial charge in [0.25, 0.3) is 0 Å². The second-order valence-electron chi connectivity index (χ2n) is 4.29. The van der Waals surface area contributed by atoms with E-state index in [9.17, 15) is 4.21 Å². The van der Waals surface area contributed by atoms with Gasteiger partial charge in [-0.3, -0.25) is 4.21 Å². The minimum Gasteiger partial charge on any atom is -0.363 e. The molecule has 3 nitrogen and oxygen atoms in total. The highest BCUT2D eigenvalue weighted by Crippen LogP contribution is 2.31. The Morgan fingerprint density at radius 3 is 1.40 bits per heavy atom. The van der Waals surface area contributed by atoms with Gasteiger partial charge in [0, 0.05) is 14.2 Å². The Hall–Kier alpha value is -1.49. The summed E-state index contributed by atoms with van der Waals surface area (Å²) in [6, 6.07) is 19.1. The van der Waals surface area contributed by atoms with Crippen LogP contribution >= 0.6 is 0 Å². The van der Waals surface area contributed by atoms with E-state index < -0.39 is 21.7 Å². The molecule has 2 aromatic rings. The Bertz CT molecular complexity index is 493. The first-order valence-corrected chi connectivity index (χ1v) is 7.60. The Morgan fingerprint density at radius 1 is 0.750 bits per heavy atom. The molecule has 0 saturated carbocycles. The predicted molar refractivity (Wildman–Crippen MR) is 80.5 cm³/mol. The van der Waals surface area contributed by atoms with Gasteiger partial charge in [0.2, 0.25) is 0 Å². The third-order valence-electron chi connectivity index (χ3n) is 2.99. The average Bonchev–Trinajstić information content (AvgIpc) is 2.51. The van der Waals surface area contributed by atoms with E-state index in [2.05, 4.69) is 0 Å². The molecule has 0 radical (unpaired) electrons. The fourth-order valence-electron chi connectivity index (χ4n) is 2.06. The average molecular weight is 290 g/mol. The van der Waals surface area contributed by atoms with Gasteiger partial charge in [-0.1, -0.05) is 60.7 Å². The van der Waals surface area contributed by atoms with Crippen molar-refractivity contribution in [3.63, 3.8) is 0 Å². The van der Waals surface area contributed by atoms with E-state index in [0.29, 0.717) is 0 Å². The molecule has 20 heavy (non-hydrogen) atoms. The van der Waals surface area contributed by atoms with Crippen LogP contribution < -0.4 is 0 Å². The fraction of sp³-hybridized carbons (Fsp3) is 0.250. The molecule has 0 aliphatic rings. The van der Waals surface area contributed by atoms with Gasteiger partial charge in [-0.2, -0.15) is 0 Å². The molecule has 0 amide bonds. The Balaban J connectivity index is 2.28. The first-order chi connectivity index (χ1) is 9.77. The van der Waals surface area contributed by atoms with E-state index in [1.807, 2.05) is 60.7 Å². The summed E-state index contributed by atoms with van der Waals surface area (Å²) in [5, 5.41) is 0. The summed E-state index contributed by atoms with van der Waals surface area (Å²) in [7, 11) is 1.78. The molecule has 2 aromatic carbocycles. The Kier molecular flexibility index (Phi) is 5.47. The molecule has 0 N–H and O–H groups in total. The number of methoxy groups -OCH3 is 2. The van der Waals surface area contributed by atoms with Crippen molar-refractivity contribution in [3.8, 4) is 0 Å².